The summed E-state index contributed by atoms with van der Waals surface area (Å²) in [5, 5.41) is 8.07. The van der Waals surface area contributed by atoms with Crippen LogP contribution in [0.2, 0.25) is 0 Å². The molecule has 0 saturated heterocycles. The number of aryl methyl sites for hydroxylation is 1. The van der Waals surface area contributed by atoms with Crippen LogP contribution in [0, 0.1) is 5.82 Å². The lowest BCUT2D eigenvalue weighted by molar-refractivity contribution is 0.180. The van der Waals surface area contributed by atoms with Gasteiger partial charge in [0, 0.05) is 18.3 Å². The van der Waals surface area contributed by atoms with Gasteiger partial charge in [-0.15, -0.1) is 0 Å². The van der Waals surface area contributed by atoms with E-state index in [1.165, 1.54) is 12.1 Å². The van der Waals surface area contributed by atoms with E-state index in [9.17, 15) is 9.18 Å². The summed E-state index contributed by atoms with van der Waals surface area (Å²) in [6, 6.07) is 27.5. The summed E-state index contributed by atoms with van der Waals surface area (Å²) >= 11 is 0. The number of carbonyl (C=O) groups is 1. The van der Waals surface area contributed by atoms with Gasteiger partial charge in [-0.2, -0.15) is 5.10 Å². The van der Waals surface area contributed by atoms with Crippen molar-refractivity contribution in [1.29, 1.82) is 0 Å². The van der Waals surface area contributed by atoms with Crippen molar-refractivity contribution in [2.45, 2.75) is 32.5 Å². The monoisotopic (exact) mass is 535 g/mol. The highest BCUT2D eigenvalue weighted by Crippen LogP contribution is 2.39. The van der Waals surface area contributed by atoms with Crippen molar-refractivity contribution in [3.8, 4) is 17.3 Å². The molecular weight excluding hydrogens is 505 g/mol. The summed E-state index contributed by atoms with van der Waals surface area (Å²) in [4.78, 5) is 15.9. The first-order valence-corrected chi connectivity index (χ1v) is 13.3. The van der Waals surface area contributed by atoms with Gasteiger partial charge < -0.3 is 19.5 Å². The highest BCUT2D eigenvalue weighted by Gasteiger charge is 2.36. The Labute approximate surface area is 232 Å². The second-order valence-corrected chi connectivity index (χ2v) is 9.75. The summed E-state index contributed by atoms with van der Waals surface area (Å²) in [5.41, 5.74) is 5.55. The molecule has 0 bridgehead atoms. The van der Waals surface area contributed by atoms with Gasteiger partial charge in [-0.1, -0.05) is 49.4 Å². The molecule has 202 valence electrons. The number of benzene rings is 3. The molecule has 6 rings (SSSR count). The van der Waals surface area contributed by atoms with Gasteiger partial charge in [0.25, 0.3) is 0 Å². The Morgan fingerprint density at radius 1 is 1.02 bits per heavy atom. The van der Waals surface area contributed by atoms with Gasteiger partial charge in [-0.25, -0.2) is 13.9 Å². The third kappa shape index (κ3) is 4.62. The molecule has 7 nitrogen and oxygen atoms in total. The number of hydrogen-bond donors (Lipinski definition) is 1. The predicted octanol–water partition coefficient (Wildman–Crippen LogP) is 6.19. The second kappa shape index (κ2) is 10.7. The summed E-state index contributed by atoms with van der Waals surface area (Å²) in [7, 11) is 1.64. The van der Waals surface area contributed by atoms with Crippen LogP contribution in [0.1, 0.15) is 41.0 Å². The van der Waals surface area contributed by atoms with Crippen LogP contribution in [0.4, 0.5) is 9.18 Å². The van der Waals surface area contributed by atoms with Gasteiger partial charge >= 0.3 is 6.03 Å². The molecule has 40 heavy (non-hydrogen) atoms. The summed E-state index contributed by atoms with van der Waals surface area (Å²) in [6.07, 6.45) is 2.75. The minimum atomic E-state index is -0.403. The standard InChI is InChI=1S/C32H30FN5O2/c1-3-28-27-21-37(32(39)34-20-22-14-16-24(33)17-15-22)30(23-9-7-12-26(19-23)40-2)29-13-8-18-36(29)31(27)38(35-28)25-10-5-4-6-11-25/h4-19,30H,3,20-21H2,1-2H3,(H,34,39). The number of halogens is 1. The Bertz CT molecular complexity index is 1640. The average Bonchev–Trinajstić information content (AvgIpc) is 3.58. The van der Waals surface area contributed by atoms with Crippen molar-refractivity contribution in [2.24, 2.45) is 0 Å². The van der Waals surface area contributed by atoms with Crippen LogP contribution in [-0.4, -0.2) is 32.4 Å². The fraction of sp³-hybridized carbons (Fsp3) is 0.188. The number of fused-ring (bicyclic) bond motifs is 3. The van der Waals surface area contributed by atoms with E-state index < -0.39 is 6.04 Å². The van der Waals surface area contributed by atoms with Crippen LogP contribution in [0.15, 0.2) is 97.2 Å². The van der Waals surface area contributed by atoms with Crippen LogP contribution in [-0.2, 0) is 19.5 Å². The van der Waals surface area contributed by atoms with E-state index in [1.54, 1.807) is 19.2 Å². The van der Waals surface area contributed by atoms with Gasteiger partial charge in [0.2, 0.25) is 0 Å². The fourth-order valence-corrected chi connectivity index (χ4v) is 5.39. The molecule has 0 saturated carbocycles. The highest BCUT2D eigenvalue weighted by atomic mass is 19.1. The van der Waals surface area contributed by atoms with E-state index in [-0.39, 0.29) is 18.4 Å². The number of carbonyl (C=O) groups excluding carboxylic acids is 1. The molecule has 0 spiro atoms. The minimum absolute atomic E-state index is 0.229. The molecule has 2 aromatic heterocycles. The molecule has 1 aliphatic heterocycles. The minimum Gasteiger partial charge on any atom is -0.497 e. The molecule has 3 aromatic carbocycles. The van der Waals surface area contributed by atoms with E-state index >= 15 is 0 Å². The normalized spacial score (nSPS) is 14.3. The van der Waals surface area contributed by atoms with E-state index in [4.69, 9.17) is 9.84 Å². The molecule has 0 radical (unpaired) electrons. The van der Waals surface area contributed by atoms with Gasteiger partial charge in [0.15, 0.2) is 0 Å². The maximum absolute atomic E-state index is 14.0. The number of amides is 2. The number of rotatable bonds is 6. The van der Waals surface area contributed by atoms with Gasteiger partial charge in [0.1, 0.15) is 17.4 Å². The van der Waals surface area contributed by atoms with Crippen LogP contribution in [0.5, 0.6) is 5.75 Å². The number of urea groups is 1. The molecule has 1 aliphatic rings. The third-order valence-electron chi connectivity index (χ3n) is 7.33. The highest BCUT2D eigenvalue weighted by molar-refractivity contribution is 5.76. The third-order valence-corrected chi connectivity index (χ3v) is 7.33. The fourth-order valence-electron chi connectivity index (χ4n) is 5.39. The molecule has 1 unspecified atom stereocenters. The molecule has 2 amide bonds. The molecule has 0 fully saturated rings. The Balaban J connectivity index is 1.49. The van der Waals surface area contributed by atoms with Gasteiger partial charge in [-0.05, 0) is 66.1 Å². The molecule has 5 aromatic rings. The Hall–Kier alpha value is -4.85. The van der Waals surface area contributed by atoms with Crippen LogP contribution in [0.3, 0.4) is 0 Å². The second-order valence-electron chi connectivity index (χ2n) is 9.75. The van der Waals surface area contributed by atoms with Crippen molar-refractivity contribution < 1.29 is 13.9 Å². The number of aromatic nitrogens is 3. The molecular formula is C32H30FN5O2. The zero-order valence-electron chi connectivity index (χ0n) is 22.4. The average molecular weight is 536 g/mol. The quantitative estimate of drug-likeness (QED) is 0.282. The van der Waals surface area contributed by atoms with E-state index in [1.807, 2.05) is 82.5 Å². The maximum atomic E-state index is 14.0. The smallest absolute Gasteiger partial charge is 0.318 e. The SMILES string of the molecule is CCc1nn(-c2ccccc2)c2c1CN(C(=O)NCc1ccc(F)cc1)C(c1cccc(OC)c1)c1cccn1-2. The van der Waals surface area contributed by atoms with Crippen LogP contribution < -0.4 is 10.1 Å². The zero-order chi connectivity index (χ0) is 27.6. The van der Waals surface area contributed by atoms with Crippen molar-refractivity contribution in [2.75, 3.05) is 7.11 Å². The van der Waals surface area contributed by atoms with Crippen LogP contribution in [0.25, 0.3) is 11.5 Å². The van der Waals surface area contributed by atoms with E-state index in [0.29, 0.717) is 18.7 Å². The summed E-state index contributed by atoms with van der Waals surface area (Å²) in [5.74, 6) is 1.33. The largest absolute Gasteiger partial charge is 0.497 e. The number of nitrogens with one attached hydrogen (secondary N) is 1. The Kier molecular flexibility index (Phi) is 6.82. The Morgan fingerprint density at radius 3 is 2.58 bits per heavy atom. The zero-order valence-corrected chi connectivity index (χ0v) is 22.4. The van der Waals surface area contributed by atoms with Crippen molar-refractivity contribution >= 4 is 6.03 Å². The first-order valence-electron chi connectivity index (χ1n) is 13.3. The number of para-hydroxylation sites is 1. The molecule has 0 aliphatic carbocycles. The number of nitrogens with zero attached hydrogens (tertiary/aromatic N) is 4. The topological polar surface area (TPSA) is 64.3 Å². The van der Waals surface area contributed by atoms with Crippen molar-refractivity contribution in [1.82, 2.24) is 24.6 Å². The number of ether oxygens (including phenoxy) is 1. The van der Waals surface area contributed by atoms with E-state index in [0.717, 1.165) is 39.6 Å². The molecule has 1 N–H and O–H groups in total. The maximum Gasteiger partial charge on any atom is 0.318 e. The van der Waals surface area contributed by atoms with Gasteiger partial charge in [-0.3, -0.25) is 0 Å². The van der Waals surface area contributed by atoms with Crippen molar-refractivity contribution in [3.63, 3.8) is 0 Å². The predicted molar refractivity (Wildman–Crippen MR) is 151 cm³/mol. The summed E-state index contributed by atoms with van der Waals surface area (Å²) in [6.45, 7) is 2.71. The lowest BCUT2D eigenvalue weighted by Crippen LogP contribution is -2.41. The first kappa shape index (κ1) is 25.4. The Morgan fingerprint density at radius 2 is 1.82 bits per heavy atom. The lowest BCUT2D eigenvalue weighted by atomic mass is 10.0. The van der Waals surface area contributed by atoms with Crippen molar-refractivity contribution in [3.05, 3.63) is 131 Å². The molecule has 8 heteroatoms. The lowest BCUT2D eigenvalue weighted by Gasteiger charge is -2.31. The molecule has 1 atom stereocenters. The molecule has 3 heterocycles. The number of hydrogen-bond acceptors (Lipinski definition) is 3. The first-order chi connectivity index (χ1) is 19.6. The van der Waals surface area contributed by atoms with E-state index in [2.05, 4.69) is 16.8 Å². The van der Waals surface area contributed by atoms with Crippen LogP contribution >= 0.6 is 0 Å². The number of methoxy groups -OCH3 is 1. The summed E-state index contributed by atoms with van der Waals surface area (Å²) < 4.78 is 23.1. The van der Waals surface area contributed by atoms with Gasteiger partial charge in [0.05, 0.1) is 36.8 Å².